The Morgan fingerprint density at radius 1 is 1.42 bits per heavy atom. The van der Waals surface area contributed by atoms with Gasteiger partial charge in [-0.25, -0.2) is 4.98 Å². The van der Waals surface area contributed by atoms with Gasteiger partial charge in [-0.2, -0.15) is 9.97 Å². The number of aryl methyl sites for hydroxylation is 1. The van der Waals surface area contributed by atoms with Crippen LogP contribution in [0.4, 0.5) is 11.5 Å². The highest BCUT2D eigenvalue weighted by molar-refractivity contribution is 5.66. The van der Waals surface area contributed by atoms with E-state index in [-0.39, 0.29) is 6.10 Å². The van der Waals surface area contributed by atoms with Gasteiger partial charge in [0.25, 0.3) is 0 Å². The molecule has 0 saturated carbocycles. The van der Waals surface area contributed by atoms with Gasteiger partial charge in [0.15, 0.2) is 11.6 Å². The van der Waals surface area contributed by atoms with Gasteiger partial charge in [0, 0.05) is 0 Å². The second-order valence-electron chi connectivity index (χ2n) is 4.20. The van der Waals surface area contributed by atoms with E-state index in [4.69, 9.17) is 15.0 Å². The van der Waals surface area contributed by atoms with Crippen LogP contribution in [-0.2, 0) is 6.54 Å². The largest absolute Gasteiger partial charge is 0.473 e. The molecule has 0 bridgehead atoms. The van der Waals surface area contributed by atoms with E-state index >= 15 is 0 Å². The molecule has 0 radical (unpaired) electrons. The zero-order chi connectivity index (χ0) is 13.8. The second kappa shape index (κ2) is 5.51. The molecular formula is C11H16N6O2. The average Bonchev–Trinajstić information content (AvgIpc) is 2.76. The fraction of sp³-hybridized carbons (Fsp3) is 0.455. The van der Waals surface area contributed by atoms with Crippen molar-refractivity contribution in [1.82, 2.24) is 20.1 Å². The Labute approximate surface area is 110 Å². The van der Waals surface area contributed by atoms with E-state index in [9.17, 15) is 0 Å². The minimum atomic E-state index is -0.0105. The fourth-order valence-corrected chi connectivity index (χ4v) is 1.41. The van der Waals surface area contributed by atoms with E-state index in [2.05, 4.69) is 25.4 Å². The molecule has 19 heavy (non-hydrogen) atoms. The Hall–Kier alpha value is -2.38. The Bertz CT molecular complexity index is 554. The summed E-state index contributed by atoms with van der Waals surface area (Å²) < 4.78 is 10.5. The van der Waals surface area contributed by atoms with Crippen molar-refractivity contribution in [1.29, 1.82) is 0 Å². The highest BCUT2D eigenvalue weighted by Gasteiger charge is 2.11. The summed E-state index contributed by atoms with van der Waals surface area (Å²) in [5.74, 6) is 1.87. The molecule has 0 aliphatic carbocycles. The van der Waals surface area contributed by atoms with Crippen molar-refractivity contribution in [2.24, 2.45) is 0 Å². The van der Waals surface area contributed by atoms with Crippen molar-refractivity contribution in [3.05, 3.63) is 18.0 Å². The number of nitrogens with two attached hydrogens (primary N) is 1. The topological polar surface area (TPSA) is 112 Å². The van der Waals surface area contributed by atoms with Crippen LogP contribution in [-0.4, -0.2) is 26.2 Å². The standard InChI is InChI=1S/C11H16N6O2/c1-6(2)18-11-9(12)10(14-5-15-11)13-4-8-16-7(3)17-19-8/h5-6H,4,12H2,1-3H3,(H,13,14,15). The predicted molar refractivity (Wildman–Crippen MR) is 68.6 cm³/mol. The maximum absolute atomic E-state index is 5.92. The average molecular weight is 264 g/mol. The summed E-state index contributed by atoms with van der Waals surface area (Å²) >= 11 is 0. The molecule has 102 valence electrons. The molecule has 0 atom stereocenters. The molecule has 0 aliphatic heterocycles. The molecule has 2 rings (SSSR count). The Morgan fingerprint density at radius 3 is 2.84 bits per heavy atom. The molecule has 0 saturated heterocycles. The summed E-state index contributed by atoms with van der Waals surface area (Å²) in [5.41, 5.74) is 6.28. The molecule has 0 spiro atoms. The molecule has 8 nitrogen and oxygen atoms in total. The Morgan fingerprint density at radius 2 is 2.21 bits per heavy atom. The smallest absolute Gasteiger partial charge is 0.245 e. The maximum Gasteiger partial charge on any atom is 0.245 e. The van der Waals surface area contributed by atoms with Gasteiger partial charge >= 0.3 is 0 Å². The number of nitrogen functional groups attached to an aromatic ring is 1. The molecule has 0 fully saturated rings. The number of anilines is 2. The van der Waals surface area contributed by atoms with Crippen molar-refractivity contribution >= 4 is 11.5 Å². The van der Waals surface area contributed by atoms with Gasteiger partial charge in [-0.15, -0.1) is 0 Å². The number of nitrogens with one attached hydrogen (secondary N) is 1. The fourth-order valence-electron chi connectivity index (χ4n) is 1.41. The third-order valence-electron chi connectivity index (χ3n) is 2.17. The van der Waals surface area contributed by atoms with Gasteiger partial charge in [-0.3, -0.25) is 0 Å². The summed E-state index contributed by atoms with van der Waals surface area (Å²) in [6.45, 7) is 5.88. The van der Waals surface area contributed by atoms with Crippen molar-refractivity contribution in [3.8, 4) is 5.88 Å². The Kier molecular flexibility index (Phi) is 3.79. The SMILES string of the molecule is Cc1noc(CNc2ncnc(OC(C)C)c2N)n1. The highest BCUT2D eigenvalue weighted by atomic mass is 16.5. The van der Waals surface area contributed by atoms with Crippen LogP contribution in [0.25, 0.3) is 0 Å². The summed E-state index contributed by atoms with van der Waals surface area (Å²) in [6.07, 6.45) is 1.37. The monoisotopic (exact) mass is 264 g/mol. The minimum Gasteiger partial charge on any atom is -0.473 e. The van der Waals surface area contributed by atoms with Crippen LogP contribution in [0.2, 0.25) is 0 Å². The number of hydrogen-bond donors (Lipinski definition) is 2. The van der Waals surface area contributed by atoms with Crippen LogP contribution in [0.1, 0.15) is 25.6 Å². The molecule has 0 amide bonds. The molecule has 0 unspecified atom stereocenters. The van der Waals surface area contributed by atoms with Gasteiger partial charge in [0.05, 0.1) is 12.6 Å². The number of hydrogen-bond acceptors (Lipinski definition) is 8. The zero-order valence-electron chi connectivity index (χ0n) is 11.0. The van der Waals surface area contributed by atoms with Gasteiger partial charge in [0.2, 0.25) is 11.8 Å². The van der Waals surface area contributed by atoms with Crippen LogP contribution in [0.3, 0.4) is 0 Å². The highest BCUT2D eigenvalue weighted by Crippen LogP contribution is 2.25. The van der Waals surface area contributed by atoms with Crippen LogP contribution >= 0.6 is 0 Å². The summed E-state index contributed by atoms with van der Waals surface area (Å²) in [4.78, 5) is 12.1. The molecule has 2 aromatic heterocycles. The van der Waals surface area contributed by atoms with Gasteiger partial charge in [-0.05, 0) is 20.8 Å². The normalized spacial score (nSPS) is 10.7. The van der Waals surface area contributed by atoms with E-state index in [0.29, 0.717) is 35.6 Å². The van der Waals surface area contributed by atoms with Gasteiger partial charge < -0.3 is 20.3 Å². The lowest BCUT2D eigenvalue weighted by Crippen LogP contribution is -2.12. The zero-order valence-corrected chi connectivity index (χ0v) is 11.0. The molecule has 0 aliphatic rings. The Balaban J connectivity index is 2.08. The molecule has 2 aromatic rings. The molecule has 3 N–H and O–H groups in total. The molecule has 0 aromatic carbocycles. The van der Waals surface area contributed by atoms with E-state index in [1.165, 1.54) is 6.33 Å². The van der Waals surface area contributed by atoms with E-state index in [0.717, 1.165) is 0 Å². The van der Waals surface area contributed by atoms with Crippen LogP contribution in [0, 0.1) is 6.92 Å². The molecule has 2 heterocycles. The summed E-state index contributed by atoms with van der Waals surface area (Å²) in [6, 6.07) is 0. The second-order valence-corrected chi connectivity index (χ2v) is 4.20. The quantitative estimate of drug-likeness (QED) is 0.827. The first kappa shape index (κ1) is 13.1. The van der Waals surface area contributed by atoms with Gasteiger partial charge in [-0.1, -0.05) is 5.16 Å². The van der Waals surface area contributed by atoms with Gasteiger partial charge in [0.1, 0.15) is 12.0 Å². The maximum atomic E-state index is 5.92. The van der Waals surface area contributed by atoms with Crippen molar-refractivity contribution in [2.75, 3.05) is 11.1 Å². The van der Waals surface area contributed by atoms with E-state index in [1.807, 2.05) is 13.8 Å². The number of rotatable bonds is 5. The van der Waals surface area contributed by atoms with Crippen LogP contribution < -0.4 is 15.8 Å². The number of aromatic nitrogens is 4. The lowest BCUT2D eigenvalue weighted by atomic mass is 10.4. The van der Waals surface area contributed by atoms with E-state index < -0.39 is 0 Å². The third-order valence-corrected chi connectivity index (χ3v) is 2.17. The van der Waals surface area contributed by atoms with E-state index in [1.54, 1.807) is 6.92 Å². The van der Waals surface area contributed by atoms with Crippen molar-refractivity contribution < 1.29 is 9.26 Å². The predicted octanol–water partition coefficient (Wildman–Crippen LogP) is 1.15. The van der Waals surface area contributed by atoms with Crippen molar-refractivity contribution in [3.63, 3.8) is 0 Å². The summed E-state index contributed by atoms with van der Waals surface area (Å²) in [7, 11) is 0. The third kappa shape index (κ3) is 3.30. The first-order valence-electron chi connectivity index (χ1n) is 5.86. The number of nitrogens with zero attached hydrogens (tertiary/aromatic N) is 4. The van der Waals surface area contributed by atoms with Crippen LogP contribution in [0.5, 0.6) is 5.88 Å². The van der Waals surface area contributed by atoms with Crippen LogP contribution in [0.15, 0.2) is 10.9 Å². The summed E-state index contributed by atoms with van der Waals surface area (Å²) in [5, 5.41) is 6.70. The molecular weight excluding hydrogens is 248 g/mol. The van der Waals surface area contributed by atoms with Crippen molar-refractivity contribution in [2.45, 2.75) is 33.4 Å². The number of ether oxygens (including phenoxy) is 1. The first-order valence-corrected chi connectivity index (χ1v) is 5.86. The minimum absolute atomic E-state index is 0.0105. The lowest BCUT2D eigenvalue weighted by molar-refractivity contribution is 0.234. The lowest BCUT2D eigenvalue weighted by Gasteiger charge is -2.12. The molecule has 8 heteroatoms. The first-order chi connectivity index (χ1) is 9.06.